The molecule has 5 atom stereocenters. The zero-order valence-electron chi connectivity index (χ0n) is 10.2. The molecule has 4 rings (SSSR count). The maximum atomic E-state index is 9.19. The van der Waals surface area contributed by atoms with Gasteiger partial charge in [0.05, 0.1) is 23.9 Å². The number of nitrogens with zero attached hydrogens (tertiary/aromatic N) is 1. The molecule has 0 aromatic carbocycles. The topological polar surface area (TPSA) is 105 Å². The van der Waals surface area contributed by atoms with Crippen molar-refractivity contribution in [3.8, 4) is 0 Å². The molecular formula is C12H15N3O3S. The highest BCUT2D eigenvalue weighted by atomic mass is 32.1. The van der Waals surface area contributed by atoms with E-state index in [2.05, 4.69) is 15.0 Å². The minimum atomic E-state index is -1.11. The van der Waals surface area contributed by atoms with Crippen LogP contribution in [-0.2, 0) is 0 Å². The molecule has 0 saturated heterocycles. The van der Waals surface area contributed by atoms with E-state index in [1.807, 2.05) is 19.2 Å². The largest absolute Gasteiger partial charge is 0.390 e. The Labute approximate surface area is 114 Å². The number of H-pyrrole nitrogens is 2. The molecule has 2 fully saturated rings. The Morgan fingerprint density at radius 3 is 2.53 bits per heavy atom. The van der Waals surface area contributed by atoms with Crippen LogP contribution >= 0.6 is 12.2 Å². The average molecular weight is 281 g/mol. The van der Waals surface area contributed by atoms with E-state index in [9.17, 15) is 5.11 Å². The normalized spacial score (nSPS) is 38.9. The number of hydrogen-bond donors (Lipinski definition) is 5. The minimum Gasteiger partial charge on any atom is -0.390 e. The van der Waals surface area contributed by atoms with Crippen LogP contribution < -0.4 is 0 Å². The molecule has 7 heteroatoms. The monoisotopic (exact) mass is 281 g/mol. The van der Waals surface area contributed by atoms with Crippen molar-refractivity contribution in [2.45, 2.75) is 24.7 Å². The van der Waals surface area contributed by atoms with Crippen molar-refractivity contribution in [3.05, 3.63) is 23.2 Å². The number of aromatic amines is 2. The molecule has 2 aliphatic carbocycles. The fourth-order valence-electron chi connectivity index (χ4n) is 2.87. The predicted molar refractivity (Wildman–Crippen MR) is 70.9 cm³/mol. The van der Waals surface area contributed by atoms with Crippen LogP contribution in [-0.4, -0.2) is 48.1 Å². The summed E-state index contributed by atoms with van der Waals surface area (Å²) in [6.07, 6.45) is 2.06. The molecular weight excluding hydrogens is 266 g/mol. The molecule has 2 aromatic heterocycles. The van der Waals surface area contributed by atoms with Crippen LogP contribution in [0.25, 0.3) is 11.0 Å². The lowest BCUT2D eigenvalue weighted by atomic mass is 9.81. The Bertz CT molecular complexity index is 656. The second kappa shape index (κ2) is 4.11. The number of hydrogen-bond acceptors (Lipinski definition) is 5. The zero-order chi connectivity index (χ0) is 13.8. The first-order chi connectivity index (χ1) is 8.98. The van der Waals surface area contributed by atoms with Crippen LogP contribution in [0.3, 0.4) is 0 Å². The van der Waals surface area contributed by atoms with Crippen molar-refractivity contribution in [1.82, 2.24) is 15.0 Å². The summed E-state index contributed by atoms with van der Waals surface area (Å²) in [6.45, 7) is 1.83. The third-order valence-corrected chi connectivity index (χ3v) is 4.47. The summed E-state index contributed by atoms with van der Waals surface area (Å²) in [5.41, 5.74) is -0.181. The lowest BCUT2D eigenvalue weighted by Gasteiger charge is -2.33. The number of rotatable bonds is 0. The highest BCUT2D eigenvalue weighted by molar-refractivity contribution is 7.71. The summed E-state index contributed by atoms with van der Waals surface area (Å²) < 4.78 is 0.634. The van der Waals surface area contributed by atoms with E-state index in [1.54, 1.807) is 6.33 Å². The molecule has 0 spiro atoms. The molecule has 6 nitrogen and oxygen atoms in total. The zero-order valence-corrected chi connectivity index (χ0v) is 11.1. The molecule has 5 N–H and O–H groups in total. The fraction of sp³-hybridized carbons (Fsp3) is 0.500. The highest BCUT2D eigenvalue weighted by Gasteiger charge is 2.79. The number of aliphatic hydroxyl groups excluding tert-OH is 2. The Balaban J connectivity index is 0.000000117. The van der Waals surface area contributed by atoms with Crippen LogP contribution in [0, 0.1) is 16.5 Å². The molecule has 0 radical (unpaired) electrons. The first kappa shape index (κ1) is 12.7. The Morgan fingerprint density at radius 2 is 2.05 bits per heavy atom. The summed E-state index contributed by atoms with van der Waals surface area (Å²) >= 11 is 4.96. The first-order valence-corrected chi connectivity index (χ1v) is 6.48. The third kappa shape index (κ3) is 1.66. The van der Waals surface area contributed by atoms with Gasteiger partial charge >= 0.3 is 0 Å². The van der Waals surface area contributed by atoms with Crippen LogP contribution in [0.2, 0.25) is 0 Å². The van der Waals surface area contributed by atoms with Crippen molar-refractivity contribution in [3.63, 3.8) is 0 Å². The number of aromatic nitrogens is 3. The second-order valence-corrected chi connectivity index (χ2v) is 5.52. The standard InChI is InChI=1S/C6H5N3S.C6H10O3/c10-6-4-1-2-7-5(4)8-3-9-6;1-2-3-5(8)6(3,9)4(2)7/h1-3H,(H2,7,8,9,10);2-5,7-9H,1H3/t;2?,3?,4?,5?,6-/m.0/s1. The van der Waals surface area contributed by atoms with Gasteiger partial charge in [-0.25, -0.2) is 4.98 Å². The lowest BCUT2D eigenvalue weighted by molar-refractivity contribution is -0.113. The SMILES string of the molecule is CC1C(O)[C@]2(O)C(O)C12.S=c1nc[nH]c2[nH]ccc12. The molecule has 0 amide bonds. The van der Waals surface area contributed by atoms with E-state index < -0.39 is 17.8 Å². The third-order valence-electron chi connectivity index (χ3n) is 4.15. The number of aliphatic hydroxyl groups is 3. The highest BCUT2D eigenvalue weighted by Crippen LogP contribution is 2.62. The van der Waals surface area contributed by atoms with E-state index in [-0.39, 0.29) is 11.8 Å². The van der Waals surface area contributed by atoms with Gasteiger partial charge in [0.1, 0.15) is 15.9 Å². The van der Waals surface area contributed by atoms with Gasteiger partial charge in [0.25, 0.3) is 0 Å². The Morgan fingerprint density at radius 1 is 1.32 bits per heavy atom. The van der Waals surface area contributed by atoms with Gasteiger partial charge in [0.2, 0.25) is 0 Å². The molecule has 4 unspecified atom stereocenters. The summed E-state index contributed by atoms with van der Waals surface area (Å²) in [7, 11) is 0. The molecule has 2 aliphatic rings. The first-order valence-electron chi connectivity index (χ1n) is 6.07. The van der Waals surface area contributed by atoms with Crippen LogP contribution in [0.4, 0.5) is 0 Å². The van der Waals surface area contributed by atoms with Crippen molar-refractivity contribution < 1.29 is 15.3 Å². The maximum Gasteiger partial charge on any atom is 0.138 e. The summed E-state index contributed by atoms with van der Waals surface area (Å²) in [6, 6.07) is 1.90. The molecule has 2 heterocycles. The van der Waals surface area contributed by atoms with E-state index in [0.29, 0.717) is 4.64 Å². The molecule has 102 valence electrons. The second-order valence-electron chi connectivity index (χ2n) is 5.14. The summed E-state index contributed by atoms with van der Waals surface area (Å²) in [5.74, 6) is 0.0255. The van der Waals surface area contributed by atoms with Gasteiger partial charge in [-0.1, -0.05) is 19.1 Å². The predicted octanol–water partition coefficient (Wildman–Crippen LogP) is 0.339. The smallest absolute Gasteiger partial charge is 0.138 e. The van der Waals surface area contributed by atoms with E-state index >= 15 is 0 Å². The van der Waals surface area contributed by atoms with E-state index in [4.69, 9.17) is 22.4 Å². The molecule has 2 aromatic rings. The van der Waals surface area contributed by atoms with Gasteiger partial charge in [-0.15, -0.1) is 0 Å². The summed E-state index contributed by atoms with van der Waals surface area (Å²) in [4.78, 5) is 9.86. The van der Waals surface area contributed by atoms with Gasteiger partial charge < -0.3 is 25.3 Å². The summed E-state index contributed by atoms with van der Waals surface area (Å²) in [5, 5.41) is 28.2. The van der Waals surface area contributed by atoms with E-state index in [0.717, 1.165) is 11.0 Å². The Kier molecular flexibility index (Phi) is 2.75. The van der Waals surface area contributed by atoms with Crippen LogP contribution in [0.1, 0.15) is 6.92 Å². The maximum absolute atomic E-state index is 9.19. The lowest BCUT2D eigenvalue weighted by Crippen LogP contribution is -2.47. The fourth-order valence-corrected chi connectivity index (χ4v) is 3.10. The van der Waals surface area contributed by atoms with Gasteiger partial charge in [-0.2, -0.15) is 0 Å². The number of fused-ring (bicyclic) bond motifs is 2. The minimum absolute atomic E-state index is 0.0486. The van der Waals surface area contributed by atoms with Crippen molar-refractivity contribution >= 4 is 23.3 Å². The van der Waals surface area contributed by atoms with E-state index in [1.165, 1.54) is 0 Å². The van der Waals surface area contributed by atoms with Gasteiger partial charge in [0.15, 0.2) is 0 Å². The average Bonchev–Trinajstić information content (AvgIpc) is 2.77. The van der Waals surface area contributed by atoms with Gasteiger partial charge in [-0.3, -0.25) is 0 Å². The van der Waals surface area contributed by atoms with Crippen molar-refractivity contribution in [1.29, 1.82) is 0 Å². The Hall–Kier alpha value is -1.28. The van der Waals surface area contributed by atoms with Gasteiger partial charge in [0, 0.05) is 12.1 Å². The molecule has 2 saturated carbocycles. The molecule has 19 heavy (non-hydrogen) atoms. The van der Waals surface area contributed by atoms with Crippen molar-refractivity contribution in [2.75, 3.05) is 0 Å². The quantitative estimate of drug-likeness (QED) is 0.448. The number of nitrogens with one attached hydrogen (secondary N) is 2. The van der Waals surface area contributed by atoms with Gasteiger partial charge in [-0.05, 0) is 12.0 Å². The van der Waals surface area contributed by atoms with Crippen LogP contribution in [0.5, 0.6) is 0 Å². The van der Waals surface area contributed by atoms with Crippen LogP contribution in [0.15, 0.2) is 18.6 Å². The molecule has 0 aliphatic heterocycles. The molecule has 0 bridgehead atoms. The van der Waals surface area contributed by atoms with Crippen molar-refractivity contribution in [2.24, 2.45) is 11.8 Å².